The van der Waals surface area contributed by atoms with Crippen molar-refractivity contribution in [2.45, 2.75) is 0 Å². The van der Waals surface area contributed by atoms with Crippen LogP contribution < -0.4 is 4.74 Å². The topological polar surface area (TPSA) is 22.1 Å². The van der Waals surface area contributed by atoms with Crippen LogP contribution in [0.5, 0.6) is 5.88 Å². The van der Waals surface area contributed by atoms with Crippen molar-refractivity contribution in [3.63, 3.8) is 0 Å². The van der Waals surface area contributed by atoms with Gasteiger partial charge < -0.3 is 4.74 Å². The van der Waals surface area contributed by atoms with Crippen LogP contribution in [0, 0.1) is 12.3 Å². The Morgan fingerprint density at radius 2 is 2.36 bits per heavy atom. The average Bonchev–Trinajstić information content (AvgIpc) is 2.04. The third-order valence-electron chi connectivity index (χ3n) is 1.19. The van der Waals surface area contributed by atoms with Gasteiger partial charge in [-0.1, -0.05) is 17.5 Å². The third kappa shape index (κ3) is 1.63. The number of terminal acetylenes is 1. The SMILES string of the molecule is C#Cc1ccc(OC)nc1Cl. The van der Waals surface area contributed by atoms with E-state index >= 15 is 0 Å². The van der Waals surface area contributed by atoms with Crippen molar-refractivity contribution in [3.8, 4) is 18.2 Å². The van der Waals surface area contributed by atoms with Gasteiger partial charge in [0.25, 0.3) is 0 Å². The second-order valence-corrected chi connectivity index (χ2v) is 2.19. The maximum Gasteiger partial charge on any atom is 0.214 e. The second kappa shape index (κ2) is 3.27. The van der Waals surface area contributed by atoms with E-state index in [1.54, 1.807) is 12.1 Å². The quantitative estimate of drug-likeness (QED) is 0.470. The van der Waals surface area contributed by atoms with Crippen LogP contribution in [0.15, 0.2) is 12.1 Å². The van der Waals surface area contributed by atoms with Gasteiger partial charge in [-0.3, -0.25) is 0 Å². The Labute approximate surface area is 70.2 Å². The molecule has 0 radical (unpaired) electrons. The summed E-state index contributed by atoms with van der Waals surface area (Å²) >= 11 is 5.67. The predicted octanol–water partition coefficient (Wildman–Crippen LogP) is 1.72. The summed E-state index contributed by atoms with van der Waals surface area (Å²) in [5.41, 5.74) is 0.576. The highest BCUT2D eigenvalue weighted by molar-refractivity contribution is 6.30. The summed E-state index contributed by atoms with van der Waals surface area (Å²) in [4.78, 5) is 3.86. The normalized spacial score (nSPS) is 8.82. The maximum absolute atomic E-state index is 5.67. The smallest absolute Gasteiger partial charge is 0.214 e. The molecule has 0 N–H and O–H groups in total. The molecule has 2 nitrogen and oxygen atoms in total. The van der Waals surface area contributed by atoms with Crippen LogP contribution in [-0.4, -0.2) is 12.1 Å². The molecule has 0 fully saturated rings. The molecule has 11 heavy (non-hydrogen) atoms. The Morgan fingerprint density at radius 3 is 2.82 bits per heavy atom. The third-order valence-corrected chi connectivity index (χ3v) is 1.48. The molecule has 0 atom stereocenters. The zero-order valence-electron chi connectivity index (χ0n) is 5.97. The molecule has 0 saturated heterocycles. The number of halogens is 1. The van der Waals surface area contributed by atoms with Crippen molar-refractivity contribution in [1.29, 1.82) is 0 Å². The van der Waals surface area contributed by atoms with Gasteiger partial charge in [0.2, 0.25) is 5.88 Å². The largest absolute Gasteiger partial charge is 0.481 e. The van der Waals surface area contributed by atoms with E-state index in [2.05, 4.69) is 10.9 Å². The zero-order chi connectivity index (χ0) is 8.27. The lowest BCUT2D eigenvalue weighted by Gasteiger charge is -1.98. The van der Waals surface area contributed by atoms with Gasteiger partial charge in [-0.2, -0.15) is 0 Å². The van der Waals surface area contributed by atoms with Gasteiger partial charge in [0.05, 0.1) is 12.7 Å². The standard InChI is InChI=1S/C8H6ClNO/c1-3-6-4-5-7(11-2)10-8(6)9/h1,4-5H,2H3. The monoisotopic (exact) mass is 167 g/mol. The molecule has 0 saturated carbocycles. The van der Waals surface area contributed by atoms with E-state index in [4.69, 9.17) is 22.8 Å². The summed E-state index contributed by atoms with van der Waals surface area (Å²) in [6, 6.07) is 3.36. The molecule has 0 aromatic carbocycles. The Bertz CT molecular complexity index is 303. The molecule has 0 unspecified atom stereocenters. The van der Waals surface area contributed by atoms with E-state index in [9.17, 15) is 0 Å². The lowest BCUT2D eigenvalue weighted by atomic mass is 10.3. The Balaban J connectivity index is 3.12. The first kappa shape index (κ1) is 7.90. The van der Waals surface area contributed by atoms with Crippen LogP contribution in [0.25, 0.3) is 0 Å². The summed E-state index contributed by atoms with van der Waals surface area (Å²) in [6.07, 6.45) is 5.13. The van der Waals surface area contributed by atoms with Gasteiger partial charge in [0, 0.05) is 6.07 Å². The molecule has 3 heteroatoms. The summed E-state index contributed by atoms with van der Waals surface area (Å²) in [6.45, 7) is 0. The first-order chi connectivity index (χ1) is 5.27. The van der Waals surface area contributed by atoms with Crippen LogP contribution in [0.3, 0.4) is 0 Å². The van der Waals surface area contributed by atoms with Gasteiger partial charge in [0.15, 0.2) is 0 Å². The van der Waals surface area contributed by atoms with Crippen molar-refractivity contribution in [2.24, 2.45) is 0 Å². The number of pyridine rings is 1. The van der Waals surface area contributed by atoms with Crippen LogP contribution in [-0.2, 0) is 0 Å². The molecular weight excluding hydrogens is 162 g/mol. The number of nitrogens with zero attached hydrogens (tertiary/aromatic N) is 1. The molecule has 1 aromatic heterocycles. The van der Waals surface area contributed by atoms with Crippen molar-refractivity contribution >= 4 is 11.6 Å². The van der Waals surface area contributed by atoms with Crippen LogP contribution in [0.1, 0.15) is 5.56 Å². The van der Waals surface area contributed by atoms with Crippen molar-refractivity contribution < 1.29 is 4.74 Å². The van der Waals surface area contributed by atoms with E-state index in [1.807, 2.05) is 0 Å². The van der Waals surface area contributed by atoms with Crippen molar-refractivity contribution in [3.05, 3.63) is 22.8 Å². The van der Waals surface area contributed by atoms with Crippen LogP contribution >= 0.6 is 11.6 Å². The predicted molar refractivity (Wildman–Crippen MR) is 43.7 cm³/mol. The van der Waals surface area contributed by atoms with Gasteiger partial charge in [-0.25, -0.2) is 4.98 Å². The fourth-order valence-corrected chi connectivity index (χ4v) is 0.840. The van der Waals surface area contributed by atoms with Gasteiger partial charge in [0.1, 0.15) is 5.15 Å². The van der Waals surface area contributed by atoms with Crippen LogP contribution in [0.2, 0.25) is 5.15 Å². The molecule has 1 heterocycles. The number of ether oxygens (including phenoxy) is 1. The zero-order valence-corrected chi connectivity index (χ0v) is 6.72. The molecule has 1 rings (SSSR count). The maximum atomic E-state index is 5.67. The molecule has 0 bridgehead atoms. The highest BCUT2D eigenvalue weighted by Crippen LogP contribution is 2.15. The number of rotatable bonds is 1. The average molecular weight is 168 g/mol. The van der Waals surface area contributed by atoms with Crippen molar-refractivity contribution in [1.82, 2.24) is 4.98 Å². The summed E-state index contributed by atoms with van der Waals surface area (Å²) in [7, 11) is 1.52. The Hall–Kier alpha value is -1.20. The Kier molecular flexibility index (Phi) is 2.35. The van der Waals surface area contributed by atoms with E-state index in [0.717, 1.165) is 0 Å². The number of aromatic nitrogens is 1. The second-order valence-electron chi connectivity index (χ2n) is 1.84. The molecule has 1 aromatic rings. The minimum Gasteiger partial charge on any atom is -0.481 e. The number of hydrogen-bond donors (Lipinski definition) is 0. The van der Waals surface area contributed by atoms with E-state index in [1.165, 1.54) is 7.11 Å². The fraction of sp³-hybridized carbons (Fsp3) is 0.125. The van der Waals surface area contributed by atoms with E-state index < -0.39 is 0 Å². The number of hydrogen-bond acceptors (Lipinski definition) is 2. The molecule has 0 aliphatic rings. The van der Waals surface area contributed by atoms with Gasteiger partial charge in [-0.05, 0) is 6.07 Å². The summed E-state index contributed by atoms with van der Waals surface area (Å²) in [5.74, 6) is 2.86. The molecule has 0 amide bonds. The lowest BCUT2D eigenvalue weighted by molar-refractivity contribution is 0.398. The molecular formula is C8H6ClNO. The van der Waals surface area contributed by atoms with Crippen molar-refractivity contribution in [2.75, 3.05) is 7.11 Å². The van der Waals surface area contributed by atoms with E-state index in [-0.39, 0.29) is 0 Å². The molecule has 0 aliphatic heterocycles. The van der Waals surface area contributed by atoms with Gasteiger partial charge in [-0.15, -0.1) is 6.42 Å². The summed E-state index contributed by atoms with van der Waals surface area (Å²) in [5, 5.41) is 0.298. The lowest BCUT2D eigenvalue weighted by Crippen LogP contribution is -1.88. The molecule has 0 spiro atoms. The van der Waals surface area contributed by atoms with Gasteiger partial charge >= 0.3 is 0 Å². The molecule has 56 valence electrons. The first-order valence-corrected chi connectivity index (χ1v) is 3.33. The van der Waals surface area contributed by atoms with Crippen LogP contribution in [0.4, 0.5) is 0 Å². The highest BCUT2D eigenvalue weighted by atomic mass is 35.5. The first-order valence-electron chi connectivity index (χ1n) is 2.95. The minimum atomic E-state index is 0.298. The highest BCUT2D eigenvalue weighted by Gasteiger charge is 1.99. The number of methoxy groups -OCH3 is 1. The fourth-order valence-electron chi connectivity index (χ4n) is 0.639. The minimum absolute atomic E-state index is 0.298. The summed E-state index contributed by atoms with van der Waals surface area (Å²) < 4.78 is 4.83. The van der Waals surface area contributed by atoms with E-state index in [0.29, 0.717) is 16.6 Å². The Morgan fingerprint density at radius 1 is 1.64 bits per heavy atom. The molecule has 0 aliphatic carbocycles.